The largest absolute Gasteiger partial charge is 0.394 e. The van der Waals surface area contributed by atoms with E-state index in [0.717, 1.165) is 133 Å². The van der Waals surface area contributed by atoms with Gasteiger partial charge >= 0.3 is 0 Å². The number of carbonyl (C=O) groups is 2. The van der Waals surface area contributed by atoms with Gasteiger partial charge in [0.25, 0.3) is 11.8 Å². The Labute approximate surface area is 523 Å². The van der Waals surface area contributed by atoms with E-state index in [1.165, 1.54) is 11.6 Å². The molecule has 0 bridgehead atoms. The van der Waals surface area contributed by atoms with Crippen molar-refractivity contribution in [2.24, 2.45) is 10.9 Å². The summed E-state index contributed by atoms with van der Waals surface area (Å²) in [6.45, 7) is 11.4. The maximum atomic E-state index is 13.9. The van der Waals surface area contributed by atoms with Crippen LogP contribution in [0.4, 0.5) is 4.39 Å². The molecule has 9 aromatic rings. The van der Waals surface area contributed by atoms with E-state index in [-0.39, 0.29) is 17.6 Å². The van der Waals surface area contributed by atoms with Crippen LogP contribution in [-0.4, -0.2) is 104 Å². The molecule has 1 aliphatic rings. The summed E-state index contributed by atoms with van der Waals surface area (Å²) >= 11 is 25.5. The van der Waals surface area contributed by atoms with E-state index >= 15 is 0 Å². The van der Waals surface area contributed by atoms with E-state index < -0.39 is 0 Å². The fourth-order valence-corrected chi connectivity index (χ4v) is 11.5. The first kappa shape index (κ1) is 63.2. The highest BCUT2D eigenvalue weighted by Crippen LogP contribution is 2.35. The molecule has 0 radical (unpaired) electrons. The number of hydrogen-bond acceptors (Lipinski definition) is 8. The normalized spacial score (nSPS) is 12.8. The number of imidazole rings is 2. The van der Waals surface area contributed by atoms with Gasteiger partial charge in [0.15, 0.2) is 5.69 Å². The number of H-pyrrole nitrogens is 1. The average Bonchev–Trinajstić information content (AvgIpc) is 2.50. The molecule has 13 nitrogen and oxygen atoms in total. The molecule has 0 aliphatic carbocycles. The van der Waals surface area contributed by atoms with Crippen LogP contribution in [0.25, 0.3) is 45.1 Å². The predicted molar refractivity (Wildman–Crippen MR) is 348 cm³/mol. The van der Waals surface area contributed by atoms with Crippen molar-refractivity contribution in [1.82, 2.24) is 39.2 Å². The summed E-state index contributed by atoms with van der Waals surface area (Å²) in [5.41, 5.74) is 16.7. The van der Waals surface area contributed by atoms with Crippen molar-refractivity contribution in [3.63, 3.8) is 0 Å². The monoisotopic (exact) mass is 1240 g/mol. The van der Waals surface area contributed by atoms with Crippen LogP contribution in [0.2, 0.25) is 20.1 Å². The molecule has 1 fully saturated rings. The van der Waals surface area contributed by atoms with Gasteiger partial charge in [-0.2, -0.15) is 0 Å². The molecule has 1 saturated heterocycles. The molecule has 3 aromatic heterocycles. The molecule has 448 valence electrons. The number of amides is 2. The topological polar surface area (TPSA) is 152 Å². The molecule has 6 aromatic carbocycles. The lowest BCUT2D eigenvalue weighted by molar-refractivity contribution is 0.0629. The zero-order valence-electron chi connectivity index (χ0n) is 48.9. The van der Waals surface area contributed by atoms with Gasteiger partial charge in [-0.1, -0.05) is 132 Å². The average molecular weight is 1240 g/mol. The predicted octanol–water partition coefficient (Wildman–Crippen LogP) is 15.6. The summed E-state index contributed by atoms with van der Waals surface area (Å²) in [4.78, 5) is 50.0. The van der Waals surface area contributed by atoms with Crippen molar-refractivity contribution in [1.29, 1.82) is 0 Å². The number of aromatic nitrogens is 5. The second kappa shape index (κ2) is 30.9. The van der Waals surface area contributed by atoms with Crippen LogP contribution in [-0.2, 0) is 24.1 Å². The first-order chi connectivity index (χ1) is 41.8. The van der Waals surface area contributed by atoms with E-state index in [0.29, 0.717) is 88.8 Å². The molecular formula is C68H73Cl4FN10O3. The Morgan fingerprint density at radius 1 is 0.686 bits per heavy atom. The van der Waals surface area contributed by atoms with Gasteiger partial charge in [0, 0.05) is 88.9 Å². The number of aryl methyl sites for hydroxylation is 2. The zero-order chi connectivity index (χ0) is 60.5. The minimum Gasteiger partial charge on any atom is -0.394 e. The summed E-state index contributed by atoms with van der Waals surface area (Å²) in [5.74, 6) is 0.817. The third-order valence-corrected chi connectivity index (χ3v) is 16.5. The van der Waals surface area contributed by atoms with Gasteiger partial charge in [0.1, 0.15) is 29.8 Å². The molecule has 1 aliphatic heterocycles. The number of nitrogens with one attached hydrogen (secondary N) is 2. The highest BCUT2D eigenvalue weighted by atomic mass is 35.5. The van der Waals surface area contributed by atoms with Crippen molar-refractivity contribution >= 4 is 74.8 Å². The Balaban J connectivity index is 0.000000205. The lowest BCUT2D eigenvalue weighted by Gasteiger charge is -2.34. The van der Waals surface area contributed by atoms with Crippen LogP contribution >= 0.6 is 46.4 Å². The lowest BCUT2D eigenvalue weighted by Crippen LogP contribution is -2.49. The summed E-state index contributed by atoms with van der Waals surface area (Å²) in [6, 6.07) is 43.4. The number of hydrogen-bond donors (Lipinski definition) is 3. The molecule has 0 atom stereocenters. The standard InChI is InChI=1S/C34H34Cl2FN5O.C34H39Cl2N5O2/c1-2-31-32(39-33(27-8-3-4-9-29(27)36)42(31)26-13-10-24(35)11-14-26)34(43)41-19-17-40(18-20-41)16-6-5-7-23-22-38-30-15-12-25(37)21-28(23)30;1-3-31-32(39-33(28-10-7-8-11-29(28)36)41(31)27-19-17-26(35)18-20-27)34(42)38-22-9-5-4-6-12-30(40-43-23-21-37)25-15-13-24(2)14-16-25/h3-4,8-15,21-22,38H,2,5-7,16-20H2,1H3;7-8,10-11,13-20H,3-6,9,12,21-23,37H2,1-2H3,(H,38,42)/b;40-30+. The van der Waals surface area contributed by atoms with Gasteiger partial charge in [-0.05, 0) is 167 Å². The van der Waals surface area contributed by atoms with E-state index in [4.69, 9.17) is 66.9 Å². The molecule has 10 rings (SSSR count). The second-order valence-corrected chi connectivity index (χ2v) is 23.0. The van der Waals surface area contributed by atoms with Crippen LogP contribution in [0.5, 0.6) is 0 Å². The maximum absolute atomic E-state index is 13.9. The number of fused-ring (bicyclic) bond motifs is 1. The van der Waals surface area contributed by atoms with Crippen molar-refractivity contribution < 1.29 is 18.8 Å². The molecule has 4 heterocycles. The van der Waals surface area contributed by atoms with Crippen molar-refractivity contribution in [3.05, 3.63) is 211 Å². The number of unbranched alkanes of at least 4 members (excludes halogenated alkanes) is 4. The second-order valence-electron chi connectivity index (χ2n) is 21.3. The smallest absolute Gasteiger partial charge is 0.274 e. The number of piperazine rings is 1. The number of rotatable bonds is 24. The Kier molecular flexibility index (Phi) is 22.7. The summed E-state index contributed by atoms with van der Waals surface area (Å²) in [6.07, 6.45) is 10.9. The Hall–Kier alpha value is -7.30. The molecule has 0 saturated carbocycles. The Morgan fingerprint density at radius 3 is 1.86 bits per heavy atom. The van der Waals surface area contributed by atoms with E-state index in [1.807, 2.05) is 131 Å². The first-order valence-corrected chi connectivity index (χ1v) is 31.1. The summed E-state index contributed by atoms with van der Waals surface area (Å²) < 4.78 is 17.7. The SMILES string of the molecule is CCc1c(C(=O)N2CCN(CCCCc3c[nH]c4ccc(F)cc34)CC2)nc(-c2ccccc2Cl)n1-c1ccc(Cl)cc1.CCc1c(C(=O)NCCCCCC/C(=N\OCCN)c2ccc(C)cc2)nc(-c2ccccc2Cl)n1-c1ccc(Cl)cc1. The molecule has 18 heteroatoms. The van der Waals surface area contributed by atoms with Crippen LogP contribution in [0, 0.1) is 12.7 Å². The highest BCUT2D eigenvalue weighted by Gasteiger charge is 2.30. The van der Waals surface area contributed by atoms with Crippen molar-refractivity contribution in [3.8, 4) is 34.2 Å². The quantitative estimate of drug-likeness (QED) is 0.0309. The minimum absolute atomic E-state index is 0.0518. The first-order valence-electron chi connectivity index (χ1n) is 29.6. The Morgan fingerprint density at radius 2 is 1.27 bits per heavy atom. The zero-order valence-corrected chi connectivity index (χ0v) is 51.9. The minimum atomic E-state index is -0.205. The molecule has 86 heavy (non-hydrogen) atoms. The van der Waals surface area contributed by atoms with Gasteiger partial charge < -0.3 is 25.8 Å². The lowest BCUT2D eigenvalue weighted by atomic mass is 10.0. The molecule has 0 spiro atoms. The van der Waals surface area contributed by atoms with Gasteiger partial charge in [-0.3, -0.25) is 23.6 Å². The third kappa shape index (κ3) is 15.8. The number of nitrogens with two attached hydrogens (primary N) is 1. The maximum Gasteiger partial charge on any atom is 0.274 e. The van der Waals surface area contributed by atoms with Crippen molar-refractivity contribution in [2.45, 2.75) is 85.0 Å². The number of aromatic amines is 1. The number of nitrogens with zero attached hydrogens (tertiary/aromatic N) is 7. The third-order valence-electron chi connectivity index (χ3n) is 15.4. The number of benzene rings is 6. The summed E-state index contributed by atoms with van der Waals surface area (Å²) in [7, 11) is 0. The van der Waals surface area contributed by atoms with Crippen molar-refractivity contribution in [2.75, 3.05) is 52.4 Å². The molecule has 4 N–H and O–H groups in total. The van der Waals surface area contributed by atoms with Gasteiger partial charge in [-0.25, -0.2) is 14.4 Å². The number of oxime groups is 1. The molecule has 0 unspecified atom stereocenters. The van der Waals surface area contributed by atoms with E-state index in [1.54, 1.807) is 12.1 Å². The van der Waals surface area contributed by atoms with Gasteiger partial charge in [0.05, 0.1) is 27.1 Å². The van der Waals surface area contributed by atoms with Gasteiger partial charge in [0.2, 0.25) is 0 Å². The number of carbonyl (C=O) groups excluding carboxylic acids is 2. The fourth-order valence-electron chi connectivity index (χ4n) is 10.8. The molecular weight excluding hydrogens is 1170 g/mol. The summed E-state index contributed by atoms with van der Waals surface area (Å²) in [5, 5.41) is 10.8. The fraction of sp³-hybridized carbons (Fsp3) is 0.309. The number of halogens is 5. The van der Waals surface area contributed by atoms with Gasteiger partial charge in [-0.15, -0.1) is 0 Å². The molecule has 2 amide bonds. The Bertz CT molecular complexity index is 3740. The van der Waals surface area contributed by atoms with E-state index in [2.05, 4.69) is 51.5 Å². The van der Waals surface area contributed by atoms with E-state index in [9.17, 15) is 14.0 Å². The van der Waals surface area contributed by atoms with Crippen LogP contribution in [0.3, 0.4) is 0 Å². The van der Waals surface area contributed by atoms with Crippen LogP contribution in [0.1, 0.15) is 108 Å². The van der Waals surface area contributed by atoms with Crippen LogP contribution in [0.15, 0.2) is 151 Å². The highest BCUT2D eigenvalue weighted by molar-refractivity contribution is 6.33. The van der Waals surface area contributed by atoms with Crippen LogP contribution < -0.4 is 11.1 Å².